The van der Waals surface area contributed by atoms with Crippen LogP contribution in [0.1, 0.15) is 29.1 Å². The van der Waals surface area contributed by atoms with Crippen molar-refractivity contribution < 1.29 is 19.0 Å². The Morgan fingerprint density at radius 1 is 1.45 bits per heavy atom. The molecule has 0 amide bonds. The fraction of sp³-hybridized carbons (Fsp3) is 0.250. The zero-order valence-electron chi connectivity index (χ0n) is 12.1. The molecular weight excluding hydrogens is 305 g/mol. The van der Waals surface area contributed by atoms with E-state index in [0.29, 0.717) is 17.0 Å². The second kappa shape index (κ2) is 6.58. The van der Waals surface area contributed by atoms with Crippen LogP contribution in [-0.4, -0.2) is 17.7 Å². The summed E-state index contributed by atoms with van der Waals surface area (Å²) in [5, 5.41) is 18.1. The topological polar surface area (TPSA) is 70.3 Å². The SMILES string of the molecule is CC(C)COc1c(F)cc(-c2ccc(C(=O)O)s2)cc1C#N. The summed E-state index contributed by atoms with van der Waals surface area (Å²) in [5.74, 6) is -1.51. The average Bonchev–Trinajstić information content (AvgIpc) is 2.95. The molecule has 1 aromatic carbocycles. The van der Waals surface area contributed by atoms with Crippen molar-refractivity contribution in [1.82, 2.24) is 0 Å². The van der Waals surface area contributed by atoms with Gasteiger partial charge in [0.1, 0.15) is 10.9 Å². The highest BCUT2D eigenvalue weighted by Crippen LogP contribution is 2.33. The summed E-state index contributed by atoms with van der Waals surface area (Å²) in [4.78, 5) is 11.7. The number of halogens is 1. The van der Waals surface area contributed by atoms with Crippen molar-refractivity contribution in [2.75, 3.05) is 6.61 Å². The third-order valence-corrected chi connectivity index (χ3v) is 3.95. The zero-order chi connectivity index (χ0) is 16.3. The lowest BCUT2D eigenvalue weighted by Gasteiger charge is -2.12. The summed E-state index contributed by atoms with van der Waals surface area (Å²) < 4.78 is 19.6. The van der Waals surface area contributed by atoms with Gasteiger partial charge in [-0.3, -0.25) is 0 Å². The summed E-state index contributed by atoms with van der Waals surface area (Å²) in [5.41, 5.74) is 0.560. The van der Waals surface area contributed by atoms with Gasteiger partial charge >= 0.3 is 5.97 Å². The Bertz CT molecular complexity index is 746. The molecule has 0 bridgehead atoms. The van der Waals surface area contributed by atoms with Gasteiger partial charge in [-0.2, -0.15) is 5.26 Å². The Hall–Kier alpha value is -2.39. The monoisotopic (exact) mass is 319 g/mol. The van der Waals surface area contributed by atoms with Crippen LogP contribution in [0.15, 0.2) is 24.3 Å². The molecule has 1 aromatic heterocycles. The first kappa shape index (κ1) is 16.0. The van der Waals surface area contributed by atoms with E-state index in [-0.39, 0.29) is 22.1 Å². The van der Waals surface area contributed by atoms with Crippen LogP contribution >= 0.6 is 11.3 Å². The van der Waals surface area contributed by atoms with Crippen LogP contribution in [0, 0.1) is 23.1 Å². The van der Waals surface area contributed by atoms with E-state index < -0.39 is 11.8 Å². The van der Waals surface area contributed by atoms with Gasteiger partial charge in [-0.05, 0) is 35.7 Å². The maximum atomic E-state index is 14.2. The minimum absolute atomic E-state index is 0.0602. The van der Waals surface area contributed by atoms with E-state index in [1.165, 1.54) is 18.2 Å². The standard InChI is InChI=1S/C16H14FNO3S/c1-9(2)8-21-15-11(7-18)5-10(6-12(15)17)13-3-4-14(22-13)16(19)20/h3-6,9H,8H2,1-2H3,(H,19,20). The van der Waals surface area contributed by atoms with Crippen molar-refractivity contribution >= 4 is 17.3 Å². The van der Waals surface area contributed by atoms with Gasteiger partial charge in [0, 0.05) is 4.88 Å². The number of nitriles is 1. The molecule has 0 fully saturated rings. The second-order valence-corrected chi connectivity index (χ2v) is 6.20. The van der Waals surface area contributed by atoms with E-state index >= 15 is 0 Å². The van der Waals surface area contributed by atoms with E-state index in [2.05, 4.69) is 0 Å². The van der Waals surface area contributed by atoms with Crippen molar-refractivity contribution in [1.29, 1.82) is 5.26 Å². The fourth-order valence-corrected chi connectivity index (χ4v) is 2.66. The first-order valence-corrected chi connectivity index (χ1v) is 7.44. The molecule has 1 heterocycles. The van der Waals surface area contributed by atoms with Crippen molar-refractivity contribution in [2.45, 2.75) is 13.8 Å². The molecule has 0 aliphatic rings. The number of benzene rings is 1. The third-order valence-electron chi connectivity index (χ3n) is 2.83. The van der Waals surface area contributed by atoms with Gasteiger partial charge in [-0.25, -0.2) is 9.18 Å². The minimum Gasteiger partial charge on any atom is -0.489 e. The van der Waals surface area contributed by atoms with Crippen LogP contribution < -0.4 is 4.74 Å². The highest BCUT2D eigenvalue weighted by Gasteiger charge is 2.16. The molecule has 2 rings (SSSR count). The van der Waals surface area contributed by atoms with E-state index in [1.807, 2.05) is 19.9 Å². The number of nitrogens with zero attached hydrogens (tertiary/aromatic N) is 1. The summed E-state index contributed by atoms with van der Waals surface area (Å²) in [6, 6.07) is 7.74. The molecule has 0 saturated heterocycles. The first-order chi connectivity index (χ1) is 10.4. The number of rotatable bonds is 5. The smallest absolute Gasteiger partial charge is 0.345 e. The molecule has 4 nitrogen and oxygen atoms in total. The molecule has 1 N–H and O–H groups in total. The number of aromatic carboxylic acids is 1. The predicted molar refractivity (Wildman–Crippen MR) is 81.7 cm³/mol. The van der Waals surface area contributed by atoms with Gasteiger partial charge in [0.25, 0.3) is 0 Å². The van der Waals surface area contributed by atoms with E-state index in [0.717, 1.165) is 11.3 Å². The molecule has 0 saturated carbocycles. The van der Waals surface area contributed by atoms with Crippen LogP contribution in [-0.2, 0) is 0 Å². The molecule has 6 heteroatoms. The number of ether oxygens (including phenoxy) is 1. The van der Waals surface area contributed by atoms with Crippen molar-refractivity contribution in [3.8, 4) is 22.3 Å². The lowest BCUT2D eigenvalue weighted by Crippen LogP contribution is -2.07. The molecular formula is C16H14FNO3S. The number of carboxylic acid groups (broad SMARTS) is 1. The maximum Gasteiger partial charge on any atom is 0.345 e. The molecule has 0 unspecified atom stereocenters. The first-order valence-electron chi connectivity index (χ1n) is 6.62. The Morgan fingerprint density at radius 2 is 2.18 bits per heavy atom. The average molecular weight is 319 g/mol. The molecule has 0 aliphatic carbocycles. The molecule has 0 radical (unpaired) electrons. The van der Waals surface area contributed by atoms with Crippen LogP contribution in [0.5, 0.6) is 5.75 Å². The van der Waals surface area contributed by atoms with E-state index in [4.69, 9.17) is 9.84 Å². The Kier molecular flexibility index (Phi) is 4.78. The Morgan fingerprint density at radius 3 is 2.73 bits per heavy atom. The van der Waals surface area contributed by atoms with Gasteiger partial charge in [-0.15, -0.1) is 11.3 Å². The van der Waals surface area contributed by atoms with Crippen molar-refractivity contribution in [3.63, 3.8) is 0 Å². The lowest BCUT2D eigenvalue weighted by atomic mass is 10.1. The predicted octanol–water partition coefficient (Wildman–Crippen LogP) is 4.16. The molecule has 114 valence electrons. The largest absolute Gasteiger partial charge is 0.489 e. The van der Waals surface area contributed by atoms with Crippen molar-refractivity contribution in [3.05, 3.63) is 40.5 Å². The van der Waals surface area contributed by atoms with Crippen molar-refractivity contribution in [2.24, 2.45) is 5.92 Å². The quantitative estimate of drug-likeness (QED) is 0.898. The van der Waals surface area contributed by atoms with E-state index in [1.54, 1.807) is 6.07 Å². The Balaban J connectivity index is 2.40. The third kappa shape index (κ3) is 3.43. The molecule has 0 atom stereocenters. The molecule has 2 aromatic rings. The summed E-state index contributed by atoms with van der Waals surface area (Å²) in [7, 11) is 0. The lowest BCUT2D eigenvalue weighted by molar-refractivity contribution is 0.0702. The minimum atomic E-state index is -1.03. The number of hydrogen-bond donors (Lipinski definition) is 1. The molecule has 0 aliphatic heterocycles. The van der Waals surface area contributed by atoms with Gasteiger partial charge in [0.2, 0.25) is 0 Å². The number of carbonyl (C=O) groups is 1. The normalized spacial score (nSPS) is 10.5. The van der Waals surface area contributed by atoms with Gasteiger partial charge in [-0.1, -0.05) is 13.8 Å². The van der Waals surface area contributed by atoms with E-state index in [9.17, 15) is 14.4 Å². The number of thiophene rings is 1. The van der Waals surface area contributed by atoms with Crippen LogP contribution in [0.25, 0.3) is 10.4 Å². The van der Waals surface area contributed by atoms with Crippen LogP contribution in [0.2, 0.25) is 0 Å². The highest BCUT2D eigenvalue weighted by atomic mass is 32.1. The zero-order valence-corrected chi connectivity index (χ0v) is 12.9. The van der Waals surface area contributed by atoms with Gasteiger partial charge < -0.3 is 9.84 Å². The van der Waals surface area contributed by atoms with Gasteiger partial charge in [0.05, 0.1) is 12.2 Å². The molecule has 0 spiro atoms. The van der Waals surface area contributed by atoms with Crippen LogP contribution in [0.4, 0.5) is 4.39 Å². The molecule has 22 heavy (non-hydrogen) atoms. The number of hydrogen-bond acceptors (Lipinski definition) is 4. The Labute approximate surface area is 131 Å². The summed E-state index contributed by atoms with van der Waals surface area (Å²) in [6.45, 7) is 4.17. The van der Waals surface area contributed by atoms with Gasteiger partial charge in [0.15, 0.2) is 11.6 Å². The highest BCUT2D eigenvalue weighted by molar-refractivity contribution is 7.17. The summed E-state index contributed by atoms with van der Waals surface area (Å²) in [6.07, 6.45) is 0. The second-order valence-electron chi connectivity index (χ2n) is 5.12. The van der Waals surface area contributed by atoms with Crippen LogP contribution in [0.3, 0.4) is 0 Å². The summed E-state index contributed by atoms with van der Waals surface area (Å²) >= 11 is 1.03. The number of carboxylic acids is 1. The fourth-order valence-electron chi connectivity index (χ4n) is 1.82. The maximum absolute atomic E-state index is 14.2.